The van der Waals surface area contributed by atoms with Crippen molar-refractivity contribution in [2.75, 3.05) is 6.54 Å². The van der Waals surface area contributed by atoms with Crippen molar-refractivity contribution < 1.29 is 9.18 Å². The van der Waals surface area contributed by atoms with Gasteiger partial charge >= 0.3 is 0 Å². The smallest absolute Gasteiger partial charge is 0.267 e. The van der Waals surface area contributed by atoms with Gasteiger partial charge in [-0.1, -0.05) is 12.1 Å². The fraction of sp³-hybridized carbons (Fsp3) is 0.214. The van der Waals surface area contributed by atoms with Crippen molar-refractivity contribution in [1.29, 1.82) is 0 Å². The van der Waals surface area contributed by atoms with Crippen LogP contribution in [0.5, 0.6) is 0 Å². The van der Waals surface area contributed by atoms with E-state index < -0.39 is 0 Å². The van der Waals surface area contributed by atoms with Crippen molar-refractivity contribution in [2.24, 2.45) is 7.05 Å². The molecular formula is C14H15FN2O. The number of amides is 1. The molecule has 0 atom stereocenters. The van der Waals surface area contributed by atoms with E-state index in [4.69, 9.17) is 0 Å². The molecule has 1 aromatic heterocycles. The summed E-state index contributed by atoms with van der Waals surface area (Å²) in [6.45, 7) is 0.494. The lowest BCUT2D eigenvalue weighted by Gasteiger charge is -2.06. The molecule has 0 radical (unpaired) electrons. The van der Waals surface area contributed by atoms with E-state index >= 15 is 0 Å². The summed E-state index contributed by atoms with van der Waals surface area (Å²) in [6, 6.07) is 9.99. The highest BCUT2D eigenvalue weighted by Crippen LogP contribution is 2.04. The average Bonchev–Trinajstić information content (AvgIpc) is 2.75. The number of halogens is 1. The number of hydrogen-bond acceptors (Lipinski definition) is 1. The second-order valence-electron chi connectivity index (χ2n) is 4.14. The van der Waals surface area contributed by atoms with Crippen molar-refractivity contribution >= 4 is 5.91 Å². The number of carbonyl (C=O) groups is 1. The van der Waals surface area contributed by atoms with Crippen LogP contribution in [0.1, 0.15) is 16.1 Å². The fourth-order valence-electron chi connectivity index (χ4n) is 1.80. The molecule has 0 unspecified atom stereocenters. The standard InChI is InChI=1S/C14H15FN2O/c1-17-9-3-6-13(17)14(18)16-8-7-11-4-2-5-12(15)10-11/h2-6,9-10H,7-8H2,1H3,(H,16,18). The Kier molecular flexibility index (Phi) is 3.77. The second kappa shape index (κ2) is 5.49. The zero-order valence-electron chi connectivity index (χ0n) is 10.2. The van der Waals surface area contributed by atoms with Crippen LogP contribution in [0.25, 0.3) is 0 Å². The van der Waals surface area contributed by atoms with E-state index in [1.165, 1.54) is 12.1 Å². The monoisotopic (exact) mass is 246 g/mol. The SMILES string of the molecule is Cn1cccc1C(=O)NCCc1cccc(F)c1. The van der Waals surface area contributed by atoms with Crippen LogP contribution in [0.4, 0.5) is 4.39 Å². The third-order valence-corrected chi connectivity index (χ3v) is 2.76. The van der Waals surface area contributed by atoms with Gasteiger partial charge in [0, 0.05) is 19.8 Å². The average molecular weight is 246 g/mol. The number of rotatable bonds is 4. The maximum absolute atomic E-state index is 12.9. The van der Waals surface area contributed by atoms with E-state index in [9.17, 15) is 9.18 Å². The molecule has 0 saturated carbocycles. The first-order valence-corrected chi connectivity index (χ1v) is 5.81. The lowest BCUT2D eigenvalue weighted by Crippen LogP contribution is -2.27. The quantitative estimate of drug-likeness (QED) is 0.881. The summed E-state index contributed by atoms with van der Waals surface area (Å²) in [6.07, 6.45) is 2.44. The van der Waals surface area contributed by atoms with E-state index in [2.05, 4.69) is 5.32 Å². The zero-order valence-corrected chi connectivity index (χ0v) is 10.2. The van der Waals surface area contributed by atoms with Crippen molar-refractivity contribution in [1.82, 2.24) is 9.88 Å². The van der Waals surface area contributed by atoms with Gasteiger partial charge in [-0.05, 0) is 36.2 Å². The van der Waals surface area contributed by atoms with Crippen LogP contribution in [0.2, 0.25) is 0 Å². The maximum atomic E-state index is 12.9. The summed E-state index contributed by atoms with van der Waals surface area (Å²) in [5.74, 6) is -0.361. The van der Waals surface area contributed by atoms with Crippen molar-refractivity contribution in [3.8, 4) is 0 Å². The van der Waals surface area contributed by atoms with Gasteiger partial charge in [0.2, 0.25) is 0 Å². The van der Waals surface area contributed by atoms with Gasteiger partial charge in [0.15, 0.2) is 0 Å². The molecule has 0 aliphatic rings. The highest BCUT2D eigenvalue weighted by Gasteiger charge is 2.07. The van der Waals surface area contributed by atoms with E-state index in [1.54, 1.807) is 16.7 Å². The first kappa shape index (κ1) is 12.4. The van der Waals surface area contributed by atoms with E-state index in [-0.39, 0.29) is 11.7 Å². The molecule has 0 spiro atoms. The summed E-state index contributed by atoms with van der Waals surface area (Å²) < 4.78 is 14.7. The molecular weight excluding hydrogens is 231 g/mol. The predicted molar refractivity (Wildman–Crippen MR) is 67.9 cm³/mol. The Morgan fingerprint density at radius 3 is 2.83 bits per heavy atom. The van der Waals surface area contributed by atoms with Crippen LogP contribution in [0.3, 0.4) is 0 Å². The number of aryl methyl sites for hydroxylation is 1. The Bertz CT molecular complexity index is 548. The molecule has 1 heterocycles. The van der Waals surface area contributed by atoms with E-state index in [0.29, 0.717) is 18.7 Å². The van der Waals surface area contributed by atoms with Gasteiger partial charge in [-0.3, -0.25) is 4.79 Å². The Morgan fingerprint density at radius 1 is 1.33 bits per heavy atom. The molecule has 0 fully saturated rings. The number of benzene rings is 1. The van der Waals surface area contributed by atoms with Crippen LogP contribution < -0.4 is 5.32 Å². The molecule has 0 aliphatic carbocycles. The van der Waals surface area contributed by atoms with Crippen molar-refractivity contribution in [3.63, 3.8) is 0 Å². The second-order valence-corrected chi connectivity index (χ2v) is 4.14. The Labute approximate surface area is 105 Å². The van der Waals surface area contributed by atoms with Gasteiger partial charge in [-0.25, -0.2) is 4.39 Å². The molecule has 94 valence electrons. The molecule has 3 nitrogen and oxygen atoms in total. The molecule has 0 saturated heterocycles. The molecule has 4 heteroatoms. The van der Waals surface area contributed by atoms with Gasteiger partial charge in [-0.15, -0.1) is 0 Å². The zero-order chi connectivity index (χ0) is 13.0. The molecule has 18 heavy (non-hydrogen) atoms. The maximum Gasteiger partial charge on any atom is 0.267 e. The van der Waals surface area contributed by atoms with Crippen molar-refractivity contribution in [2.45, 2.75) is 6.42 Å². The number of carbonyl (C=O) groups excluding carboxylic acids is 1. The third-order valence-electron chi connectivity index (χ3n) is 2.76. The number of aromatic nitrogens is 1. The van der Waals surface area contributed by atoms with Crippen molar-refractivity contribution in [3.05, 3.63) is 59.7 Å². The predicted octanol–water partition coefficient (Wildman–Crippen LogP) is 2.14. The van der Waals surface area contributed by atoms with Crippen LogP contribution in [0, 0.1) is 5.82 Å². The summed E-state index contributed by atoms with van der Waals surface area (Å²) in [5, 5.41) is 2.81. The summed E-state index contributed by atoms with van der Waals surface area (Å²) in [7, 11) is 1.82. The normalized spacial score (nSPS) is 10.3. The van der Waals surface area contributed by atoms with Crippen LogP contribution in [-0.4, -0.2) is 17.0 Å². The Morgan fingerprint density at radius 2 is 2.17 bits per heavy atom. The summed E-state index contributed by atoms with van der Waals surface area (Å²) >= 11 is 0. The van der Waals surface area contributed by atoms with Crippen LogP contribution in [0.15, 0.2) is 42.6 Å². The fourth-order valence-corrected chi connectivity index (χ4v) is 1.80. The number of nitrogens with zero attached hydrogens (tertiary/aromatic N) is 1. The van der Waals surface area contributed by atoms with Gasteiger partial charge < -0.3 is 9.88 Å². The Hall–Kier alpha value is -2.10. The molecule has 2 aromatic rings. The summed E-state index contributed by atoms with van der Waals surface area (Å²) in [4.78, 5) is 11.8. The minimum absolute atomic E-state index is 0.112. The third kappa shape index (κ3) is 2.97. The largest absolute Gasteiger partial charge is 0.350 e. The molecule has 1 aromatic carbocycles. The van der Waals surface area contributed by atoms with Gasteiger partial charge in [-0.2, -0.15) is 0 Å². The van der Waals surface area contributed by atoms with Crippen LogP contribution >= 0.6 is 0 Å². The van der Waals surface area contributed by atoms with Gasteiger partial charge in [0.25, 0.3) is 5.91 Å². The highest BCUT2D eigenvalue weighted by atomic mass is 19.1. The Balaban J connectivity index is 1.86. The highest BCUT2D eigenvalue weighted by molar-refractivity contribution is 5.92. The minimum atomic E-state index is -0.249. The van der Waals surface area contributed by atoms with Crippen LogP contribution in [-0.2, 0) is 13.5 Å². The minimum Gasteiger partial charge on any atom is -0.350 e. The first-order chi connectivity index (χ1) is 8.66. The molecule has 1 N–H and O–H groups in total. The lowest BCUT2D eigenvalue weighted by molar-refractivity contribution is 0.0946. The number of hydrogen-bond donors (Lipinski definition) is 1. The molecule has 1 amide bonds. The van der Waals surface area contributed by atoms with Gasteiger partial charge in [0.1, 0.15) is 11.5 Å². The lowest BCUT2D eigenvalue weighted by atomic mass is 10.1. The molecule has 0 bridgehead atoms. The molecule has 2 rings (SSSR count). The molecule has 0 aliphatic heterocycles. The first-order valence-electron chi connectivity index (χ1n) is 5.81. The van der Waals surface area contributed by atoms with Gasteiger partial charge in [0.05, 0.1) is 0 Å². The summed E-state index contributed by atoms with van der Waals surface area (Å²) in [5.41, 5.74) is 1.50. The number of nitrogens with one attached hydrogen (secondary N) is 1. The van der Waals surface area contributed by atoms with E-state index in [1.807, 2.05) is 25.4 Å². The van der Waals surface area contributed by atoms with E-state index in [0.717, 1.165) is 5.56 Å². The topological polar surface area (TPSA) is 34.0 Å².